The highest BCUT2D eigenvalue weighted by Gasteiger charge is 2.31. The van der Waals surface area contributed by atoms with Crippen LogP contribution in [0.15, 0.2) is 28.8 Å². The molecule has 0 radical (unpaired) electrons. The van der Waals surface area contributed by atoms with Crippen molar-refractivity contribution in [2.45, 2.75) is 13.5 Å². The first-order chi connectivity index (χ1) is 12.2. The molecule has 0 saturated carbocycles. The van der Waals surface area contributed by atoms with Crippen LogP contribution in [-0.4, -0.2) is 65.1 Å². The van der Waals surface area contributed by atoms with Gasteiger partial charge in [-0.1, -0.05) is 35.0 Å². The number of piperazine rings is 1. The van der Waals surface area contributed by atoms with E-state index in [-0.39, 0.29) is 24.2 Å². The number of hydrogen-bond donors (Lipinski definition) is 1. The Balaban J connectivity index is 0.00000196. The molecule has 8 heteroatoms. The van der Waals surface area contributed by atoms with E-state index in [2.05, 4.69) is 27.3 Å². The van der Waals surface area contributed by atoms with Crippen molar-refractivity contribution < 1.29 is 9.32 Å². The highest BCUT2D eigenvalue weighted by Crippen LogP contribution is 2.18. The fraction of sp³-hybridized carbons (Fsp3) is 0.500. The summed E-state index contributed by atoms with van der Waals surface area (Å²) in [7, 11) is 0. The molecule has 4 rings (SSSR count). The molecule has 2 saturated heterocycles. The van der Waals surface area contributed by atoms with E-state index < -0.39 is 0 Å². The van der Waals surface area contributed by atoms with Crippen molar-refractivity contribution in [2.75, 3.05) is 39.3 Å². The van der Waals surface area contributed by atoms with Crippen LogP contribution in [0.2, 0.25) is 0 Å². The number of aromatic nitrogens is 2. The molecule has 1 N–H and O–H groups in total. The molecule has 7 nitrogen and oxygen atoms in total. The Morgan fingerprint density at radius 3 is 2.50 bits per heavy atom. The molecule has 2 aliphatic rings. The third kappa shape index (κ3) is 4.06. The largest absolute Gasteiger partial charge is 0.340 e. The third-order valence-corrected chi connectivity index (χ3v) is 4.95. The number of hydrogen-bond acceptors (Lipinski definition) is 6. The van der Waals surface area contributed by atoms with Gasteiger partial charge in [-0.05, 0) is 6.92 Å². The second kappa shape index (κ2) is 8.16. The highest BCUT2D eigenvalue weighted by molar-refractivity contribution is 5.85. The monoisotopic (exact) mass is 377 g/mol. The molecule has 1 amide bonds. The number of amides is 1. The van der Waals surface area contributed by atoms with Crippen LogP contribution in [0.4, 0.5) is 0 Å². The summed E-state index contributed by atoms with van der Waals surface area (Å²) in [6.07, 6.45) is 0. The van der Waals surface area contributed by atoms with Gasteiger partial charge >= 0.3 is 0 Å². The number of halogens is 1. The summed E-state index contributed by atoms with van der Waals surface area (Å²) in [4.78, 5) is 21.0. The Labute approximate surface area is 159 Å². The minimum absolute atomic E-state index is 0. The van der Waals surface area contributed by atoms with Crippen LogP contribution in [0.5, 0.6) is 0 Å². The molecule has 3 heterocycles. The van der Waals surface area contributed by atoms with E-state index in [1.807, 2.05) is 29.2 Å². The van der Waals surface area contributed by atoms with E-state index in [0.717, 1.165) is 44.8 Å². The lowest BCUT2D eigenvalue weighted by atomic mass is 10.0. The number of benzene rings is 1. The van der Waals surface area contributed by atoms with Gasteiger partial charge in [-0.15, -0.1) is 12.4 Å². The summed E-state index contributed by atoms with van der Waals surface area (Å²) in [5.41, 5.74) is 2.17. The Morgan fingerprint density at radius 2 is 1.88 bits per heavy atom. The molecule has 0 unspecified atom stereocenters. The number of nitrogens with zero attached hydrogens (tertiary/aromatic N) is 4. The van der Waals surface area contributed by atoms with Gasteiger partial charge in [0, 0.05) is 44.8 Å². The van der Waals surface area contributed by atoms with Crippen LogP contribution < -0.4 is 5.32 Å². The Morgan fingerprint density at radius 1 is 1.19 bits per heavy atom. The molecule has 1 aromatic carbocycles. The quantitative estimate of drug-likeness (QED) is 0.866. The summed E-state index contributed by atoms with van der Waals surface area (Å²) >= 11 is 0. The maximum Gasteiger partial charge on any atom is 0.241 e. The molecule has 0 spiro atoms. The van der Waals surface area contributed by atoms with E-state index in [1.54, 1.807) is 0 Å². The van der Waals surface area contributed by atoms with E-state index in [0.29, 0.717) is 18.3 Å². The van der Waals surface area contributed by atoms with Crippen LogP contribution in [0.3, 0.4) is 0 Å². The topological polar surface area (TPSA) is 74.5 Å². The minimum Gasteiger partial charge on any atom is -0.340 e. The normalized spacial score (nSPS) is 18.3. The lowest BCUT2D eigenvalue weighted by Crippen LogP contribution is -2.56. The van der Waals surface area contributed by atoms with Crippen LogP contribution in [0.1, 0.15) is 11.5 Å². The van der Waals surface area contributed by atoms with Crippen molar-refractivity contribution in [2.24, 2.45) is 5.92 Å². The van der Waals surface area contributed by atoms with Gasteiger partial charge in [0.15, 0.2) is 0 Å². The van der Waals surface area contributed by atoms with Crippen molar-refractivity contribution in [1.29, 1.82) is 0 Å². The van der Waals surface area contributed by atoms with Gasteiger partial charge in [-0.25, -0.2) is 0 Å². The number of aryl methyl sites for hydroxylation is 1. The van der Waals surface area contributed by atoms with E-state index in [9.17, 15) is 4.79 Å². The van der Waals surface area contributed by atoms with Crippen molar-refractivity contribution in [1.82, 2.24) is 25.3 Å². The fourth-order valence-electron chi connectivity index (χ4n) is 3.18. The van der Waals surface area contributed by atoms with Gasteiger partial charge in [0.2, 0.25) is 17.6 Å². The first-order valence-corrected chi connectivity index (χ1v) is 8.80. The average molecular weight is 378 g/mol. The highest BCUT2D eigenvalue weighted by atomic mass is 35.5. The van der Waals surface area contributed by atoms with Gasteiger partial charge in [0.25, 0.3) is 0 Å². The van der Waals surface area contributed by atoms with Crippen molar-refractivity contribution in [3.63, 3.8) is 0 Å². The van der Waals surface area contributed by atoms with Gasteiger partial charge < -0.3 is 14.7 Å². The Hall–Kier alpha value is -1.96. The third-order valence-electron chi connectivity index (χ3n) is 4.95. The predicted molar refractivity (Wildman–Crippen MR) is 99.9 cm³/mol. The zero-order chi connectivity index (χ0) is 17.2. The number of carbonyl (C=O) groups excluding carboxylic acids is 1. The van der Waals surface area contributed by atoms with E-state index in [4.69, 9.17) is 4.52 Å². The molecular weight excluding hydrogens is 354 g/mol. The molecule has 0 aliphatic carbocycles. The van der Waals surface area contributed by atoms with Crippen LogP contribution >= 0.6 is 12.4 Å². The van der Waals surface area contributed by atoms with Gasteiger partial charge in [0.1, 0.15) is 0 Å². The first-order valence-electron chi connectivity index (χ1n) is 8.80. The SMILES string of the molecule is Cc1ccc(-c2noc(CN3CCN(C(=O)C4CNC4)CC3)n2)cc1.Cl. The molecule has 1 aromatic heterocycles. The standard InChI is InChI=1S/C18H23N5O2.ClH/c1-13-2-4-14(5-3-13)17-20-16(25-21-17)12-22-6-8-23(9-7-22)18(24)15-10-19-11-15;/h2-5,15,19H,6-12H2,1H3;1H. The summed E-state index contributed by atoms with van der Waals surface area (Å²) in [6, 6.07) is 8.09. The lowest BCUT2D eigenvalue weighted by Gasteiger charge is -2.38. The molecular formula is C18H24ClN5O2. The number of rotatable bonds is 4. The van der Waals surface area contributed by atoms with Crippen LogP contribution in [-0.2, 0) is 11.3 Å². The van der Waals surface area contributed by atoms with E-state index >= 15 is 0 Å². The van der Waals surface area contributed by atoms with Crippen molar-refractivity contribution in [3.8, 4) is 11.4 Å². The zero-order valence-electron chi connectivity index (χ0n) is 14.9. The van der Waals surface area contributed by atoms with E-state index in [1.165, 1.54) is 5.56 Å². The van der Waals surface area contributed by atoms with Crippen LogP contribution in [0.25, 0.3) is 11.4 Å². The molecule has 0 bridgehead atoms. The Kier molecular flexibility index (Phi) is 5.90. The summed E-state index contributed by atoms with van der Waals surface area (Å²) < 4.78 is 5.40. The van der Waals surface area contributed by atoms with Gasteiger partial charge in [-0.3, -0.25) is 9.69 Å². The maximum absolute atomic E-state index is 12.3. The molecule has 2 aromatic rings. The molecule has 140 valence electrons. The maximum atomic E-state index is 12.3. The predicted octanol–water partition coefficient (Wildman–Crippen LogP) is 1.33. The number of nitrogens with one attached hydrogen (secondary N) is 1. The fourth-order valence-corrected chi connectivity index (χ4v) is 3.18. The first kappa shape index (κ1) is 18.8. The Bertz CT molecular complexity index is 736. The second-order valence-corrected chi connectivity index (χ2v) is 6.83. The molecule has 26 heavy (non-hydrogen) atoms. The van der Waals surface area contributed by atoms with Crippen LogP contribution in [0, 0.1) is 12.8 Å². The van der Waals surface area contributed by atoms with Gasteiger partial charge in [0.05, 0.1) is 12.5 Å². The van der Waals surface area contributed by atoms with Gasteiger partial charge in [-0.2, -0.15) is 4.98 Å². The lowest BCUT2D eigenvalue weighted by molar-refractivity contribution is -0.139. The van der Waals surface area contributed by atoms with Crippen molar-refractivity contribution in [3.05, 3.63) is 35.7 Å². The molecule has 2 aliphatic heterocycles. The summed E-state index contributed by atoms with van der Waals surface area (Å²) in [5, 5.41) is 7.24. The average Bonchev–Trinajstić information content (AvgIpc) is 3.03. The minimum atomic E-state index is 0. The summed E-state index contributed by atoms with van der Waals surface area (Å²) in [5.74, 6) is 1.72. The zero-order valence-corrected chi connectivity index (χ0v) is 15.7. The second-order valence-electron chi connectivity index (χ2n) is 6.83. The summed E-state index contributed by atoms with van der Waals surface area (Å²) in [6.45, 7) is 7.56. The molecule has 0 atom stereocenters. The molecule has 2 fully saturated rings. The van der Waals surface area contributed by atoms with Crippen molar-refractivity contribution >= 4 is 18.3 Å². The number of carbonyl (C=O) groups is 1. The smallest absolute Gasteiger partial charge is 0.241 e.